The van der Waals surface area contributed by atoms with Gasteiger partial charge < -0.3 is 15.0 Å². The number of carbonyl (C=O) groups is 3. The van der Waals surface area contributed by atoms with E-state index in [0.29, 0.717) is 36.5 Å². The standard InChI is InChI=1S/C31H35F3N4O4/c1-5-15-38-25(19-36-16-17-37(21(4)18-36)28(39)23-9-7-20(3)8-10-23)26(29(40)42-6-2)27(35-30(38)41)22-11-13-24(14-12-22)31(32,33)34/h5,7-14,21,27H,1,6,15-19H2,2-4H3,(H,35,41). The summed E-state index contributed by atoms with van der Waals surface area (Å²) in [4.78, 5) is 45.1. The molecule has 0 radical (unpaired) electrons. The van der Waals surface area contributed by atoms with Crippen LogP contribution in [-0.2, 0) is 15.7 Å². The Bertz CT molecular complexity index is 1360. The van der Waals surface area contributed by atoms with Crippen molar-refractivity contribution in [2.75, 3.05) is 39.3 Å². The Labute approximate surface area is 243 Å². The molecule has 2 aromatic carbocycles. The lowest BCUT2D eigenvalue weighted by molar-refractivity contribution is -0.139. The van der Waals surface area contributed by atoms with Gasteiger partial charge in [-0.25, -0.2) is 9.59 Å². The number of nitrogens with zero attached hydrogens (tertiary/aromatic N) is 3. The molecule has 1 fully saturated rings. The maximum absolute atomic E-state index is 13.4. The van der Waals surface area contributed by atoms with Crippen molar-refractivity contribution >= 4 is 17.9 Å². The fourth-order valence-corrected chi connectivity index (χ4v) is 5.31. The Hall–Kier alpha value is -4.12. The van der Waals surface area contributed by atoms with E-state index in [-0.39, 0.29) is 37.2 Å². The first-order chi connectivity index (χ1) is 19.9. The number of benzene rings is 2. The van der Waals surface area contributed by atoms with Crippen LogP contribution in [0.2, 0.25) is 0 Å². The van der Waals surface area contributed by atoms with Gasteiger partial charge in [-0.05, 0) is 50.6 Å². The first-order valence-electron chi connectivity index (χ1n) is 13.8. The molecule has 8 nitrogen and oxygen atoms in total. The van der Waals surface area contributed by atoms with Gasteiger partial charge in [0.25, 0.3) is 5.91 Å². The molecule has 2 aromatic rings. The minimum absolute atomic E-state index is 0.0683. The highest BCUT2D eigenvalue weighted by Crippen LogP contribution is 2.35. The second-order valence-electron chi connectivity index (χ2n) is 10.4. The first kappa shape index (κ1) is 30.8. The van der Waals surface area contributed by atoms with E-state index >= 15 is 0 Å². The summed E-state index contributed by atoms with van der Waals surface area (Å²) in [5.41, 5.74) is 1.67. The molecular weight excluding hydrogens is 549 g/mol. The van der Waals surface area contributed by atoms with E-state index in [4.69, 9.17) is 4.74 Å². The number of alkyl halides is 3. The van der Waals surface area contributed by atoms with Gasteiger partial charge in [0.15, 0.2) is 0 Å². The molecule has 2 heterocycles. The Balaban J connectivity index is 1.66. The zero-order valence-electron chi connectivity index (χ0n) is 23.9. The van der Waals surface area contributed by atoms with Crippen molar-refractivity contribution in [2.24, 2.45) is 0 Å². The van der Waals surface area contributed by atoms with Gasteiger partial charge in [-0.1, -0.05) is 35.9 Å². The number of aryl methyl sites for hydroxylation is 1. The molecular formula is C31H35F3N4O4. The molecule has 0 aliphatic carbocycles. The Kier molecular flexibility index (Phi) is 9.40. The minimum atomic E-state index is -4.53. The second kappa shape index (κ2) is 12.8. The van der Waals surface area contributed by atoms with Gasteiger partial charge in [0.2, 0.25) is 0 Å². The molecule has 3 amide bonds. The van der Waals surface area contributed by atoms with Gasteiger partial charge in [0.1, 0.15) is 0 Å². The smallest absolute Gasteiger partial charge is 0.416 e. The quantitative estimate of drug-likeness (QED) is 0.352. The average molecular weight is 585 g/mol. The molecule has 0 bridgehead atoms. The van der Waals surface area contributed by atoms with Crippen LogP contribution in [-0.4, -0.2) is 78.0 Å². The maximum atomic E-state index is 13.4. The lowest BCUT2D eigenvalue weighted by Gasteiger charge is -2.43. The number of piperazine rings is 1. The number of ether oxygens (including phenoxy) is 1. The van der Waals surface area contributed by atoms with Gasteiger partial charge in [0.05, 0.1) is 23.8 Å². The van der Waals surface area contributed by atoms with Gasteiger partial charge >= 0.3 is 18.2 Å². The van der Waals surface area contributed by atoms with Gasteiger partial charge in [0, 0.05) is 50.0 Å². The van der Waals surface area contributed by atoms with E-state index in [1.807, 2.05) is 43.0 Å². The first-order valence-corrected chi connectivity index (χ1v) is 13.8. The van der Waals surface area contributed by atoms with Gasteiger partial charge in [-0.3, -0.25) is 14.6 Å². The highest BCUT2D eigenvalue weighted by Gasteiger charge is 2.40. The second-order valence-corrected chi connectivity index (χ2v) is 10.4. The number of esters is 1. The van der Waals surface area contributed by atoms with E-state index in [1.54, 1.807) is 6.92 Å². The summed E-state index contributed by atoms with van der Waals surface area (Å²) < 4.78 is 45.0. The molecule has 1 saturated heterocycles. The number of halogens is 3. The van der Waals surface area contributed by atoms with E-state index in [9.17, 15) is 27.6 Å². The van der Waals surface area contributed by atoms with Crippen molar-refractivity contribution in [3.8, 4) is 0 Å². The zero-order chi connectivity index (χ0) is 30.6. The fourth-order valence-electron chi connectivity index (χ4n) is 5.31. The molecule has 0 spiro atoms. The lowest BCUT2D eigenvalue weighted by Crippen LogP contribution is -2.56. The number of amides is 3. The van der Waals surface area contributed by atoms with Crippen LogP contribution in [0.1, 0.15) is 46.9 Å². The molecule has 4 rings (SSSR count). The zero-order valence-corrected chi connectivity index (χ0v) is 23.9. The van der Waals surface area contributed by atoms with Gasteiger partial charge in [-0.2, -0.15) is 13.2 Å². The van der Waals surface area contributed by atoms with Crippen molar-refractivity contribution in [2.45, 2.75) is 39.0 Å². The summed E-state index contributed by atoms with van der Waals surface area (Å²) in [6, 6.07) is 10.1. The molecule has 0 saturated carbocycles. The van der Waals surface area contributed by atoms with E-state index in [1.165, 1.54) is 23.1 Å². The highest BCUT2D eigenvalue weighted by molar-refractivity contribution is 5.95. The largest absolute Gasteiger partial charge is 0.463 e. The Morgan fingerprint density at radius 1 is 1.10 bits per heavy atom. The predicted molar refractivity (Wildman–Crippen MR) is 151 cm³/mol. The Morgan fingerprint density at radius 2 is 1.76 bits per heavy atom. The molecule has 2 aliphatic rings. The van der Waals surface area contributed by atoms with Crippen molar-refractivity contribution in [3.63, 3.8) is 0 Å². The average Bonchev–Trinajstić information content (AvgIpc) is 2.94. The molecule has 0 aromatic heterocycles. The van der Waals surface area contributed by atoms with E-state index < -0.39 is 29.8 Å². The van der Waals surface area contributed by atoms with Crippen LogP contribution >= 0.6 is 0 Å². The van der Waals surface area contributed by atoms with Crippen molar-refractivity contribution < 1.29 is 32.3 Å². The molecule has 2 aliphatic heterocycles. The summed E-state index contributed by atoms with van der Waals surface area (Å²) in [6.45, 7) is 11.0. The third kappa shape index (κ3) is 6.67. The van der Waals surface area contributed by atoms with E-state index in [0.717, 1.165) is 17.7 Å². The third-order valence-electron chi connectivity index (χ3n) is 7.46. The summed E-state index contributed by atoms with van der Waals surface area (Å²) >= 11 is 0. The molecule has 11 heteroatoms. The molecule has 2 atom stereocenters. The van der Waals surface area contributed by atoms with Crippen LogP contribution in [0.3, 0.4) is 0 Å². The number of hydrogen-bond donors (Lipinski definition) is 1. The molecule has 42 heavy (non-hydrogen) atoms. The number of rotatable bonds is 8. The van der Waals surface area contributed by atoms with Crippen molar-refractivity contribution in [1.82, 2.24) is 20.0 Å². The molecule has 2 unspecified atom stereocenters. The van der Waals surface area contributed by atoms with Gasteiger partial charge in [-0.15, -0.1) is 6.58 Å². The summed E-state index contributed by atoms with van der Waals surface area (Å²) in [5.74, 6) is -0.742. The number of hydrogen-bond acceptors (Lipinski definition) is 5. The monoisotopic (exact) mass is 584 g/mol. The highest BCUT2D eigenvalue weighted by atomic mass is 19.4. The SMILES string of the molecule is C=CCN1C(=O)NC(c2ccc(C(F)(F)F)cc2)C(C(=O)OCC)=C1CN1CCN(C(=O)c2ccc(C)cc2)C(C)C1. The summed E-state index contributed by atoms with van der Waals surface area (Å²) in [6.07, 6.45) is -3.00. The molecule has 224 valence electrons. The fraction of sp³-hybridized carbons (Fsp3) is 0.387. The van der Waals surface area contributed by atoms with Crippen LogP contribution in [0.15, 0.2) is 72.5 Å². The maximum Gasteiger partial charge on any atom is 0.416 e. The third-order valence-corrected chi connectivity index (χ3v) is 7.46. The van der Waals surface area contributed by atoms with Crippen molar-refractivity contribution in [1.29, 1.82) is 0 Å². The normalized spacial score (nSPS) is 19.9. The number of nitrogens with one attached hydrogen (secondary N) is 1. The Morgan fingerprint density at radius 3 is 2.33 bits per heavy atom. The number of carbonyl (C=O) groups excluding carboxylic acids is 3. The predicted octanol–water partition coefficient (Wildman–Crippen LogP) is 4.93. The van der Waals surface area contributed by atoms with Crippen LogP contribution < -0.4 is 5.32 Å². The summed E-state index contributed by atoms with van der Waals surface area (Å²) in [7, 11) is 0. The topological polar surface area (TPSA) is 82.2 Å². The van der Waals surface area contributed by atoms with Crippen LogP contribution in [0.25, 0.3) is 0 Å². The van der Waals surface area contributed by atoms with E-state index in [2.05, 4.69) is 16.8 Å². The van der Waals surface area contributed by atoms with Crippen LogP contribution in [0, 0.1) is 6.92 Å². The van der Waals surface area contributed by atoms with Crippen LogP contribution in [0.4, 0.5) is 18.0 Å². The number of urea groups is 1. The minimum Gasteiger partial charge on any atom is -0.463 e. The van der Waals surface area contributed by atoms with Crippen LogP contribution in [0.5, 0.6) is 0 Å². The van der Waals surface area contributed by atoms with Crippen molar-refractivity contribution in [3.05, 3.63) is 94.7 Å². The molecule has 1 N–H and O–H groups in total. The summed E-state index contributed by atoms with van der Waals surface area (Å²) in [5, 5.41) is 2.76. The lowest BCUT2D eigenvalue weighted by atomic mass is 9.93.